The SMILES string of the molecule is CCCCCCCCCCC(=O)c1ccc(CCCC(CCOC(C)=O)(COC(C)=O)NC(C)=O)cc1. The van der Waals surface area contributed by atoms with E-state index in [0.29, 0.717) is 25.7 Å². The highest BCUT2D eigenvalue weighted by Gasteiger charge is 2.32. The first-order valence-corrected chi connectivity index (χ1v) is 13.8. The average molecular weight is 518 g/mol. The number of aryl methyl sites for hydroxylation is 1. The molecule has 0 aromatic heterocycles. The molecule has 1 rings (SSSR count). The summed E-state index contributed by atoms with van der Waals surface area (Å²) in [4.78, 5) is 47.1. The summed E-state index contributed by atoms with van der Waals surface area (Å²) in [7, 11) is 0. The quantitative estimate of drug-likeness (QED) is 0.127. The van der Waals surface area contributed by atoms with Gasteiger partial charge in [0.05, 0.1) is 12.1 Å². The minimum Gasteiger partial charge on any atom is -0.466 e. The smallest absolute Gasteiger partial charge is 0.302 e. The van der Waals surface area contributed by atoms with E-state index >= 15 is 0 Å². The van der Waals surface area contributed by atoms with Crippen LogP contribution in [-0.2, 0) is 30.3 Å². The Hall–Kier alpha value is -2.70. The largest absolute Gasteiger partial charge is 0.466 e. The molecule has 0 saturated heterocycles. The second-order valence-electron chi connectivity index (χ2n) is 10.0. The van der Waals surface area contributed by atoms with E-state index in [2.05, 4.69) is 12.2 Å². The minimum atomic E-state index is -0.821. The number of esters is 2. The second kappa shape index (κ2) is 18.5. The molecule has 0 aliphatic rings. The van der Waals surface area contributed by atoms with E-state index in [1.54, 1.807) is 0 Å². The maximum absolute atomic E-state index is 12.5. The van der Waals surface area contributed by atoms with Crippen LogP contribution >= 0.6 is 0 Å². The number of hydrogen-bond acceptors (Lipinski definition) is 6. The Morgan fingerprint density at radius 3 is 1.92 bits per heavy atom. The van der Waals surface area contributed by atoms with Crippen molar-refractivity contribution in [1.29, 1.82) is 0 Å². The Morgan fingerprint density at radius 2 is 1.35 bits per heavy atom. The highest BCUT2D eigenvalue weighted by Crippen LogP contribution is 2.22. The van der Waals surface area contributed by atoms with Crippen LogP contribution in [0, 0.1) is 0 Å². The molecule has 7 nitrogen and oxygen atoms in total. The molecule has 1 amide bonds. The van der Waals surface area contributed by atoms with Gasteiger partial charge in [0.25, 0.3) is 0 Å². The van der Waals surface area contributed by atoms with Gasteiger partial charge >= 0.3 is 11.9 Å². The fourth-order valence-electron chi connectivity index (χ4n) is 4.49. The standard InChI is InChI=1S/C30H47NO6/c1-5-6-7-8-9-10-11-12-15-29(35)28-18-16-27(17-19-28)14-13-20-30(31-24(2)32,23-37-26(4)34)21-22-36-25(3)33/h16-19H,5-15,20-23H2,1-4H3,(H,31,32). The van der Waals surface area contributed by atoms with Gasteiger partial charge < -0.3 is 14.8 Å². The molecule has 0 bridgehead atoms. The lowest BCUT2D eigenvalue weighted by molar-refractivity contribution is -0.147. The van der Waals surface area contributed by atoms with Gasteiger partial charge in [-0.25, -0.2) is 0 Å². The summed E-state index contributed by atoms with van der Waals surface area (Å²) in [6.45, 7) is 6.42. The third-order valence-electron chi connectivity index (χ3n) is 6.53. The molecule has 1 aromatic carbocycles. The number of carbonyl (C=O) groups excluding carboxylic acids is 4. The van der Waals surface area contributed by atoms with E-state index in [1.165, 1.54) is 59.3 Å². The van der Waals surface area contributed by atoms with Crippen molar-refractivity contribution in [3.63, 3.8) is 0 Å². The first kappa shape index (κ1) is 32.3. The molecule has 0 fully saturated rings. The molecule has 0 aliphatic heterocycles. The van der Waals surface area contributed by atoms with Gasteiger partial charge in [-0.15, -0.1) is 0 Å². The Bertz CT molecular complexity index is 835. The number of unbranched alkanes of at least 4 members (excludes halogenated alkanes) is 7. The average Bonchev–Trinajstić information content (AvgIpc) is 2.84. The van der Waals surface area contributed by atoms with E-state index in [-0.39, 0.29) is 24.9 Å². The fourth-order valence-corrected chi connectivity index (χ4v) is 4.49. The number of nitrogens with one attached hydrogen (secondary N) is 1. The van der Waals surface area contributed by atoms with Gasteiger partial charge in [-0.2, -0.15) is 0 Å². The summed E-state index contributed by atoms with van der Waals surface area (Å²) in [5.74, 6) is -0.890. The van der Waals surface area contributed by atoms with Crippen LogP contribution in [-0.4, -0.2) is 42.4 Å². The van der Waals surface area contributed by atoms with Crippen molar-refractivity contribution in [2.75, 3.05) is 13.2 Å². The maximum Gasteiger partial charge on any atom is 0.302 e. The number of rotatable bonds is 20. The van der Waals surface area contributed by atoms with Gasteiger partial charge in [0, 0.05) is 39.2 Å². The normalized spacial score (nSPS) is 12.4. The molecule has 1 N–H and O–H groups in total. The predicted octanol–water partition coefficient (Wildman–Crippen LogP) is 6.11. The van der Waals surface area contributed by atoms with Crippen LogP contribution in [0.15, 0.2) is 24.3 Å². The van der Waals surface area contributed by atoms with Gasteiger partial charge in [-0.3, -0.25) is 19.2 Å². The Balaban J connectivity index is 2.57. The van der Waals surface area contributed by atoms with E-state index in [9.17, 15) is 19.2 Å². The molecule has 0 spiro atoms. The summed E-state index contributed by atoms with van der Waals surface area (Å²) in [6.07, 6.45) is 12.6. The van der Waals surface area contributed by atoms with Gasteiger partial charge in [-0.05, 0) is 31.2 Å². The molecular formula is C30H47NO6. The Morgan fingerprint density at radius 1 is 0.757 bits per heavy atom. The van der Waals surface area contributed by atoms with Crippen LogP contribution in [0.4, 0.5) is 0 Å². The van der Waals surface area contributed by atoms with Crippen molar-refractivity contribution in [3.8, 4) is 0 Å². The number of benzene rings is 1. The zero-order valence-corrected chi connectivity index (χ0v) is 23.4. The number of amides is 1. The van der Waals surface area contributed by atoms with Crippen LogP contribution in [0.1, 0.15) is 121 Å². The van der Waals surface area contributed by atoms with Crippen LogP contribution in [0.5, 0.6) is 0 Å². The highest BCUT2D eigenvalue weighted by molar-refractivity contribution is 5.96. The number of ether oxygens (including phenoxy) is 2. The first-order valence-electron chi connectivity index (χ1n) is 13.8. The minimum absolute atomic E-state index is 0.00928. The van der Waals surface area contributed by atoms with Gasteiger partial charge in [0.15, 0.2) is 5.78 Å². The second-order valence-corrected chi connectivity index (χ2v) is 10.0. The summed E-state index contributed by atoms with van der Waals surface area (Å²) >= 11 is 0. The van der Waals surface area contributed by atoms with Crippen molar-refractivity contribution in [2.45, 2.75) is 117 Å². The highest BCUT2D eigenvalue weighted by atomic mass is 16.5. The van der Waals surface area contributed by atoms with Crippen LogP contribution in [0.25, 0.3) is 0 Å². The third-order valence-corrected chi connectivity index (χ3v) is 6.53. The topological polar surface area (TPSA) is 98.8 Å². The molecule has 0 aliphatic carbocycles. The van der Waals surface area contributed by atoms with Crippen LogP contribution in [0.3, 0.4) is 0 Å². The maximum atomic E-state index is 12.5. The van der Waals surface area contributed by atoms with Crippen molar-refractivity contribution in [3.05, 3.63) is 35.4 Å². The van der Waals surface area contributed by atoms with E-state index in [1.807, 2.05) is 24.3 Å². The number of Topliss-reactive ketones (excluding diaryl/α,β-unsaturated/α-hetero) is 1. The van der Waals surface area contributed by atoms with Gasteiger partial charge in [-0.1, -0.05) is 76.1 Å². The lowest BCUT2D eigenvalue weighted by Crippen LogP contribution is -2.52. The Labute approximate surface area is 223 Å². The first-order chi connectivity index (χ1) is 17.7. The zero-order valence-electron chi connectivity index (χ0n) is 23.4. The Kier molecular flexibility index (Phi) is 16.2. The zero-order chi connectivity index (χ0) is 27.5. The lowest BCUT2D eigenvalue weighted by atomic mass is 9.88. The van der Waals surface area contributed by atoms with E-state index in [0.717, 1.165) is 30.4 Å². The van der Waals surface area contributed by atoms with Crippen molar-refractivity contribution < 1.29 is 28.7 Å². The van der Waals surface area contributed by atoms with Crippen LogP contribution in [0.2, 0.25) is 0 Å². The van der Waals surface area contributed by atoms with Crippen molar-refractivity contribution in [1.82, 2.24) is 5.32 Å². The number of carbonyl (C=O) groups is 4. The van der Waals surface area contributed by atoms with Crippen molar-refractivity contribution >= 4 is 23.6 Å². The van der Waals surface area contributed by atoms with E-state index < -0.39 is 17.5 Å². The summed E-state index contributed by atoms with van der Waals surface area (Å²) in [6, 6.07) is 7.74. The monoisotopic (exact) mass is 517 g/mol. The van der Waals surface area contributed by atoms with Gasteiger partial charge in [0.1, 0.15) is 6.61 Å². The number of hydrogen-bond donors (Lipinski definition) is 1. The molecule has 208 valence electrons. The molecule has 0 radical (unpaired) electrons. The fraction of sp³-hybridized carbons (Fsp3) is 0.667. The third kappa shape index (κ3) is 15.2. The number of ketones is 1. The molecule has 0 saturated carbocycles. The molecule has 7 heteroatoms. The van der Waals surface area contributed by atoms with Crippen LogP contribution < -0.4 is 5.32 Å². The lowest BCUT2D eigenvalue weighted by Gasteiger charge is -2.34. The molecule has 1 unspecified atom stereocenters. The molecular weight excluding hydrogens is 470 g/mol. The van der Waals surface area contributed by atoms with Gasteiger partial charge in [0.2, 0.25) is 5.91 Å². The molecule has 1 atom stereocenters. The summed E-state index contributed by atoms with van der Waals surface area (Å²) < 4.78 is 10.3. The van der Waals surface area contributed by atoms with Crippen molar-refractivity contribution in [2.24, 2.45) is 0 Å². The summed E-state index contributed by atoms with van der Waals surface area (Å²) in [5.41, 5.74) is 1.02. The van der Waals surface area contributed by atoms with E-state index in [4.69, 9.17) is 9.47 Å². The molecule has 37 heavy (non-hydrogen) atoms. The summed E-state index contributed by atoms with van der Waals surface area (Å²) in [5, 5.41) is 2.92. The molecule has 1 aromatic rings. The predicted molar refractivity (Wildman–Crippen MR) is 145 cm³/mol. The molecule has 0 heterocycles.